The molecule has 0 unspecified atom stereocenters. The number of carbonyl (C=O) groups is 1. The van der Waals surface area contributed by atoms with E-state index in [0.717, 1.165) is 12.8 Å². The molecule has 126 valence electrons. The number of rotatable bonds is 5. The van der Waals surface area contributed by atoms with Gasteiger partial charge in [0.1, 0.15) is 0 Å². The van der Waals surface area contributed by atoms with Gasteiger partial charge in [0.05, 0.1) is 7.11 Å². The van der Waals surface area contributed by atoms with Crippen LogP contribution in [0.15, 0.2) is 24.3 Å². The Hall–Kier alpha value is -2.02. The Morgan fingerprint density at radius 2 is 1.87 bits per heavy atom. The van der Waals surface area contributed by atoms with Gasteiger partial charge in [-0.15, -0.1) is 0 Å². The molecule has 7 heteroatoms. The maximum atomic E-state index is 12.1. The molecule has 1 fully saturated rings. The van der Waals surface area contributed by atoms with E-state index in [1.54, 1.807) is 26.2 Å². The zero-order valence-electron chi connectivity index (χ0n) is 13.4. The van der Waals surface area contributed by atoms with Crippen molar-refractivity contribution in [2.24, 2.45) is 0 Å². The Balaban J connectivity index is 1.77. The molecule has 0 spiro atoms. The van der Waals surface area contributed by atoms with Crippen LogP contribution in [-0.4, -0.2) is 30.3 Å². The highest BCUT2D eigenvalue weighted by molar-refractivity contribution is 7.80. The van der Waals surface area contributed by atoms with Crippen molar-refractivity contribution in [3.63, 3.8) is 0 Å². The molecule has 3 N–H and O–H groups in total. The van der Waals surface area contributed by atoms with Gasteiger partial charge in [-0.3, -0.25) is 15.6 Å². The van der Waals surface area contributed by atoms with Crippen LogP contribution in [0.3, 0.4) is 0 Å². The molecule has 1 aromatic rings. The first kappa shape index (κ1) is 17.3. The standard InChI is InChI=1S/C16H23N3O3S/c1-11(22-14-10-6-5-9-13(14)21-2)15(20)18-19-16(23)17-12-7-3-4-8-12/h5-6,9-12H,3-4,7-8H2,1-2H3,(H,18,20)(H2,17,19,23)/t11-/m0/s1. The highest BCUT2D eigenvalue weighted by Gasteiger charge is 2.18. The van der Waals surface area contributed by atoms with E-state index in [1.165, 1.54) is 12.8 Å². The summed E-state index contributed by atoms with van der Waals surface area (Å²) in [6.45, 7) is 1.66. The molecule has 1 saturated carbocycles. The minimum absolute atomic E-state index is 0.313. The molecule has 1 aliphatic rings. The van der Waals surface area contributed by atoms with Crippen molar-refractivity contribution in [3.05, 3.63) is 24.3 Å². The minimum atomic E-state index is -0.687. The third-order valence-corrected chi connectivity index (χ3v) is 3.95. The van der Waals surface area contributed by atoms with Crippen molar-refractivity contribution in [2.75, 3.05) is 7.11 Å². The van der Waals surface area contributed by atoms with Crippen LogP contribution in [0.5, 0.6) is 11.5 Å². The zero-order valence-corrected chi connectivity index (χ0v) is 14.2. The average molecular weight is 337 g/mol. The average Bonchev–Trinajstić information content (AvgIpc) is 3.06. The van der Waals surface area contributed by atoms with Gasteiger partial charge in [-0.1, -0.05) is 25.0 Å². The molecule has 1 atom stereocenters. The lowest BCUT2D eigenvalue weighted by Crippen LogP contribution is -2.52. The molecule has 1 aromatic carbocycles. The summed E-state index contributed by atoms with van der Waals surface area (Å²) in [6, 6.07) is 7.59. The molecule has 23 heavy (non-hydrogen) atoms. The largest absolute Gasteiger partial charge is 0.493 e. The summed E-state index contributed by atoms with van der Waals surface area (Å²) in [4.78, 5) is 12.1. The van der Waals surface area contributed by atoms with E-state index in [-0.39, 0.29) is 5.91 Å². The predicted octanol–water partition coefficient (Wildman–Crippen LogP) is 1.90. The van der Waals surface area contributed by atoms with Crippen LogP contribution in [0.4, 0.5) is 0 Å². The van der Waals surface area contributed by atoms with Gasteiger partial charge >= 0.3 is 0 Å². The number of benzene rings is 1. The molecule has 1 amide bonds. The first-order chi connectivity index (χ1) is 11.1. The van der Waals surface area contributed by atoms with Gasteiger partial charge in [-0.05, 0) is 44.1 Å². The second-order valence-corrected chi connectivity index (χ2v) is 5.89. The van der Waals surface area contributed by atoms with E-state index in [2.05, 4.69) is 16.2 Å². The summed E-state index contributed by atoms with van der Waals surface area (Å²) in [5.74, 6) is 0.786. The van der Waals surface area contributed by atoms with Crippen molar-refractivity contribution in [3.8, 4) is 11.5 Å². The highest BCUT2D eigenvalue weighted by Crippen LogP contribution is 2.26. The van der Waals surface area contributed by atoms with Gasteiger partial charge in [-0.25, -0.2) is 0 Å². The maximum Gasteiger partial charge on any atom is 0.279 e. The van der Waals surface area contributed by atoms with Crippen molar-refractivity contribution >= 4 is 23.2 Å². The number of nitrogens with one attached hydrogen (secondary N) is 3. The quantitative estimate of drug-likeness (QED) is 0.563. The Kier molecular flexibility index (Phi) is 6.46. The van der Waals surface area contributed by atoms with E-state index in [0.29, 0.717) is 22.7 Å². The number of hydrogen-bond acceptors (Lipinski definition) is 4. The number of methoxy groups -OCH3 is 1. The maximum absolute atomic E-state index is 12.1. The van der Waals surface area contributed by atoms with E-state index in [9.17, 15) is 4.79 Å². The normalized spacial score (nSPS) is 15.6. The van der Waals surface area contributed by atoms with Gasteiger partial charge in [0.15, 0.2) is 22.7 Å². The minimum Gasteiger partial charge on any atom is -0.493 e. The Labute approximate surface area is 141 Å². The second-order valence-electron chi connectivity index (χ2n) is 5.48. The Bertz CT molecular complexity index is 547. The molecule has 1 aliphatic carbocycles. The summed E-state index contributed by atoms with van der Waals surface area (Å²) in [5.41, 5.74) is 5.27. The molecular weight excluding hydrogens is 314 g/mol. The number of amides is 1. The van der Waals surface area contributed by atoms with Crippen molar-refractivity contribution in [2.45, 2.75) is 44.8 Å². The van der Waals surface area contributed by atoms with E-state index < -0.39 is 6.10 Å². The molecular formula is C16H23N3O3S. The lowest BCUT2D eigenvalue weighted by Gasteiger charge is -2.19. The first-order valence-electron chi connectivity index (χ1n) is 7.76. The van der Waals surface area contributed by atoms with Gasteiger partial charge < -0.3 is 14.8 Å². The first-order valence-corrected chi connectivity index (χ1v) is 8.17. The number of hydrazine groups is 1. The lowest BCUT2D eigenvalue weighted by molar-refractivity contribution is -0.127. The monoisotopic (exact) mass is 337 g/mol. The molecule has 0 aromatic heterocycles. The van der Waals surface area contributed by atoms with Gasteiger partial charge in [-0.2, -0.15) is 0 Å². The molecule has 0 bridgehead atoms. The summed E-state index contributed by atoms with van der Waals surface area (Å²) in [7, 11) is 1.56. The number of hydrogen-bond donors (Lipinski definition) is 3. The molecule has 0 saturated heterocycles. The fraction of sp³-hybridized carbons (Fsp3) is 0.500. The fourth-order valence-electron chi connectivity index (χ4n) is 2.47. The van der Waals surface area contributed by atoms with Gasteiger partial charge in [0.2, 0.25) is 0 Å². The SMILES string of the molecule is COc1ccccc1O[C@@H](C)C(=O)NNC(=S)NC1CCCC1. The Morgan fingerprint density at radius 3 is 2.52 bits per heavy atom. The van der Waals surface area contributed by atoms with Crippen LogP contribution in [0.25, 0.3) is 0 Å². The fourth-order valence-corrected chi connectivity index (χ4v) is 2.69. The summed E-state index contributed by atoms with van der Waals surface area (Å²) in [5, 5.41) is 3.61. The van der Waals surface area contributed by atoms with E-state index >= 15 is 0 Å². The predicted molar refractivity (Wildman–Crippen MR) is 92.4 cm³/mol. The van der Waals surface area contributed by atoms with Crippen molar-refractivity contribution in [1.29, 1.82) is 0 Å². The van der Waals surface area contributed by atoms with Crippen LogP contribution in [0, 0.1) is 0 Å². The third kappa shape index (κ3) is 5.28. The van der Waals surface area contributed by atoms with E-state index in [1.807, 2.05) is 12.1 Å². The van der Waals surface area contributed by atoms with Crippen molar-refractivity contribution in [1.82, 2.24) is 16.2 Å². The molecule has 0 radical (unpaired) electrons. The van der Waals surface area contributed by atoms with Crippen molar-refractivity contribution < 1.29 is 14.3 Å². The topological polar surface area (TPSA) is 71.6 Å². The smallest absolute Gasteiger partial charge is 0.279 e. The highest BCUT2D eigenvalue weighted by atomic mass is 32.1. The molecule has 0 aliphatic heterocycles. The van der Waals surface area contributed by atoms with Crippen LogP contribution in [0.2, 0.25) is 0 Å². The van der Waals surface area contributed by atoms with Crippen LogP contribution in [-0.2, 0) is 4.79 Å². The zero-order chi connectivity index (χ0) is 16.7. The molecule has 6 nitrogen and oxygen atoms in total. The third-order valence-electron chi connectivity index (χ3n) is 3.73. The Morgan fingerprint density at radius 1 is 1.22 bits per heavy atom. The van der Waals surface area contributed by atoms with Crippen LogP contribution >= 0.6 is 12.2 Å². The second kappa shape index (κ2) is 8.57. The lowest BCUT2D eigenvalue weighted by atomic mass is 10.3. The van der Waals surface area contributed by atoms with Crippen LogP contribution in [0.1, 0.15) is 32.6 Å². The summed E-state index contributed by atoms with van der Waals surface area (Å²) in [6.07, 6.45) is 3.98. The molecule has 0 heterocycles. The summed E-state index contributed by atoms with van der Waals surface area (Å²) >= 11 is 5.17. The summed E-state index contributed by atoms with van der Waals surface area (Å²) < 4.78 is 10.8. The van der Waals surface area contributed by atoms with Crippen LogP contribution < -0.4 is 25.6 Å². The van der Waals surface area contributed by atoms with Gasteiger partial charge in [0.25, 0.3) is 5.91 Å². The molecule has 2 rings (SSSR count). The van der Waals surface area contributed by atoms with Gasteiger partial charge in [0, 0.05) is 6.04 Å². The number of ether oxygens (including phenoxy) is 2. The number of para-hydroxylation sites is 2. The number of carbonyl (C=O) groups excluding carboxylic acids is 1. The number of thiocarbonyl (C=S) groups is 1. The van der Waals surface area contributed by atoms with E-state index in [4.69, 9.17) is 21.7 Å².